The van der Waals surface area contributed by atoms with Crippen molar-refractivity contribution in [3.63, 3.8) is 0 Å². The molecule has 2 aliphatic carbocycles. The number of hydrogen-bond donors (Lipinski definition) is 0. The number of hydrogen-bond acceptors (Lipinski definition) is 0. The van der Waals surface area contributed by atoms with Crippen LogP contribution in [0.2, 0.25) is 0 Å². The van der Waals surface area contributed by atoms with Gasteiger partial charge in [-0.3, -0.25) is 0 Å². The molecule has 0 aliphatic heterocycles. The Morgan fingerprint density at radius 1 is 0.702 bits per heavy atom. The molecule has 0 fully saturated rings. The van der Waals surface area contributed by atoms with E-state index in [0.29, 0.717) is 5.92 Å². The van der Waals surface area contributed by atoms with E-state index in [1.807, 2.05) is 0 Å². The van der Waals surface area contributed by atoms with E-state index in [0.717, 1.165) is 12.8 Å². The summed E-state index contributed by atoms with van der Waals surface area (Å²) in [6, 6.07) is 30.8. The molecular formula is C44H47Cl2Zr. The molecule has 0 N–H and O–H groups in total. The first kappa shape index (κ1) is 37.5. The van der Waals surface area contributed by atoms with Crippen LogP contribution < -0.4 is 24.8 Å². The second kappa shape index (κ2) is 13.5. The Bertz CT molecular complexity index is 1940. The van der Waals surface area contributed by atoms with Crippen molar-refractivity contribution in [1.82, 2.24) is 0 Å². The maximum absolute atomic E-state index is 2.56. The van der Waals surface area contributed by atoms with E-state index in [-0.39, 0.29) is 67.8 Å². The van der Waals surface area contributed by atoms with Gasteiger partial charge in [0.25, 0.3) is 0 Å². The van der Waals surface area contributed by atoms with Crippen LogP contribution in [0.15, 0.2) is 84.4 Å². The minimum Gasteiger partial charge on any atom is -1.00 e. The van der Waals surface area contributed by atoms with Gasteiger partial charge in [0.15, 0.2) is 0 Å². The third kappa shape index (κ3) is 6.43. The first-order valence-electron chi connectivity index (χ1n) is 16.6. The summed E-state index contributed by atoms with van der Waals surface area (Å²) >= 11 is 0. The van der Waals surface area contributed by atoms with E-state index in [4.69, 9.17) is 0 Å². The Morgan fingerprint density at radius 2 is 1.26 bits per heavy atom. The van der Waals surface area contributed by atoms with E-state index in [2.05, 4.69) is 147 Å². The van der Waals surface area contributed by atoms with Crippen LogP contribution in [0.1, 0.15) is 106 Å². The van der Waals surface area contributed by atoms with Crippen molar-refractivity contribution < 1.29 is 51.0 Å². The average molecular weight is 738 g/mol. The minimum atomic E-state index is 0. The van der Waals surface area contributed by atoms with Crippen LogP contribution in [0.3, 0.4) is 0 Å². The molecule has 241 valence electrons. The SMILES string of the molecule is Cc1[cH-]c2cc(C3C(C(C)C)=Cc4c(-c5ccc(C(C)(C)C)cc5)cccc43)c3c(-c4ccc(C(C)(C)C)cc4)c2c1CC3.[Cl-].[Cl-].[Zr+3]. The summed E-state index contributed by atoms with van der Waals surface area (Å²) in [5.41, 5.74) is 19.1. The maximum Gasteiger partial charge on any atom is 3.00 e. The summed E-state index contributed by atoms with van der Waals surface area (Å²) in [5.74, 6) is 0.740. The molecule has 3 heteroatoms. The fraction of sp³-hybridized carbons (Fsp3) is 0.341. The maximum atomic E-state index is 2.56. The van der Waals surface area contributed by atoms with Crippen molar-refractivity contribution in [3.8, 4) is 22.3 Å². The van der Waals surface area contributed by atoms with Gasteiger partial charge in [0.1, 0.15) is 0 Å². The summed E-state index contributed by atoms with van der Waals surface area (Å²) in [6.07, 6.45) is 4.78. The molecule has 47 heavy (non-hydrogen) atoms. The standard InChI is InChI=1S/C44H47.2ClH.Zr/c1-26(2)37-25-38-34(28-13-17-31(18-14-28)43(4,5)6)11-10-12-35(38)42(37)39-24-30-23-27(3)33-21-22-36(39)40(41(30)33)29-15-19-32(20-16-29)44(7,8)9;;;/h10-20,23-26,42H,21-22H2,1-9H3;2*1H;/q-1;;;+3/p-2. The summed E-state index contributed by atoms with van der Waals surface area (Å²) in [4.78, 5) is 0. The first-order valence-corrected chi connectivity index (χ1v) is 16.6. The third-order valence-corrected chi connectivity index (χ3v) is 10.4. The molecule has 1 atom stereocenters. The van der Waals surface area contributed by atoms with Crippen LogP contribution in [0, 0.1) is 12.8 Å². The Hall–Kier alpha value is -2.31. The number of benzene rings is 4. The molecule has 2 bridgehead atoms. The van der Waals surface area contributed by atoms with Gasteiger partial charge in [-0.2, -0.15) is 0 Å². The number of rotatable bonds is 4. The Kier molecular flexibility index (Phi) is 10.8. The zero-order valence-corrected chi connectivity index (χ0v) is 33.4. The summed E-state index contributed by atoms with van der Waals surface area (Å²) in [6.45, 7) is 20.9. The van der Waals surface area contributed by atoms with Gasteiger partial charge in [-0.25, -0.2) is 0 Å². The fourth-order valence-corrected chi connectivity index (χ4v) is 7.95. The zero-order chi connectivity index (χ0) is 31.1. The molecule has 5 aromatic carbocycles. The summed E-state index contributed by atoms with van der Waals surface area (Å²) < 4.78 is 0. The smallest absolute Gasteiger partial charge is 1.00 e. The van der Waals surface area contributed by atoms with E-state index in [9.17, 15) is 0 Å². The van der Waals surface area contributed by atoms with Crippen molar-refractivity contribution in [3.05, 3.63) is 129 Å². The van der Waals surface area contributed by atoms with E-state index in [1.165, 1.54) is 72.0 Å². The Balaban J connectivity index is 0.00000167. The topological polar surface area (TPSA) is 0 Å². The quantitative estimate of drug-likeness (QED) is 0.196. The van der Waals surface area contributed by atoms with Gasteiger partial charge in [-0.1, -0.05) is 164 Å². The largest absolute Gasteiger partial charge is 3.00 e. The molecule has 5 aromatic rings. The molecule has 0 aromatic heterocycles. The van der Waals surface area contributed by atoms with Crippen LogP contribution >= 0.6 is 0 Å². The van der Waals surface area contributed by atoms with Gasteiger partial charge < -0.3 is 24.8 Å². The number of aryl methyl sites for hydroxylation is 2. The van der Waals surface area contributed by atoms with E-state index >= 15 is 0 Å². The first-order chi connectivity index (χ1) is 20.8. The van der Waals surface area contributed by atoms with Gasteiger partial charge in [0, 0.05) is 5.92 Å². The van der Waals surface area contributed by atoms with Crippen molar-refractivity contribution in [2.75, 3.05) is 0 Å². The van der Waals surface area contributed by atoms with E-state index < -0.39 is 0 Å². The average Bonchev–Trinajstić information content (AvgIpc) is 3.54. The molecule has 2 aliphatic rings. The molecule has 1 radical (unpaired) electrons. The van der Waals surface area contributed by atoms with Crippen LogP contribution in [0.25, 0.3) is 39.1 Å². The van der Waals surface area contributed by atoms with Crippen molar-refractivity contribution >= 4 is 16.8 Å². The van der Waals surface area contributed by atoms with Crippen molar-refractivity contribution in [2.45, 2.75) is 91.9 Å². The fourth-order valence-electron chi connectivity index (χ4n) is 7.95. The molecule has 0 saturated carbocycles. The normalized spacial score (nSPS) is 15.2. The van der Waals surface area contributed by atoms with Crippen LogP contribution in [-0.2, 0) is 49.9 Å². The Morgan fingerprint density at radius 3 is 1.81 bits per heavy atom. The zero-order valence-electron chi connectivity index (χ0n) is 29.4. The molecule has 0 saturated heterocycles. The van der Waals surface area contributed by atoms with Gasteiger partial charge in [-0.15, -0.1) is 34.0 Å². The van der Waals surface area contributed by atoms with Gasteiger partial charge in [0.05, 0.1) is 0 Å². The Labute approximate surface area is 314 Å². The molecule has 0 amide bonds. The molecule has 0 heterocycles. The van der Waals surface area contributed by atoms with Crippen molar-refractivity contribution in [1.29, 1.82) is 0 Å². The number of fused-ring (bicyclic) bond motifs is 2. The predicted molar refractivity (Wildman–Crippen MR) is 191 cm³/mol. The van der Waals surface area contributed by atoms with Gasteiger partial charge in [-0.05, 0) is 62.1 Å². The molecule has 7 rings (SSSR count). The molecule has 0 nitrogen and oxygen atoms in total. The molecular weight excluding hydrogens is 691 g/mol. The van der Waals surface area contributed by atoms with E-state index in [1.54, 1.807) is 11.1 Å². The number of halogens is 2. The number of allylic oxidation sites excluding steroid dienone is 1. The predicted octanol–water partition coefficient (Wildman–Crippen LogP) is 6.09. The third-order valence-electron chi connectivity index (χ3n) is 10.4. The second-order valence-electron chi connectivity index (χ2n) is 15.8. The minimum absolute atomic E-state index is 0. The second-order valence-corrected chi connectivity index (χ2v) is 15.8. The van der Waals surface area contributed by atoms with Crippen LogP contribution in [0.5, 0.6) is 0 Å². The summed E-state index contributed by atoms with van der Waals surface area (Å²) in [5, 5.41) is 2.91. The van der Waals surface area contributed by atoms with Gasteiger partial charge in [0.2, 0.25) is 0 Å². The van der Waals surface area contributed by atoms with Gasteiger partial charge >= 0.3 is 26.2 Å². The summed E-state index contributed by atoms with van der Waals surface area (Å²) in [7, 11) is 0. The molecule has 0 spiro atoms. The van der Waals surface area contributed by atoms with Crippen LogP contribution in [0.4, 0.5) is 0 Å². The van der Waals surface area contributed by atoms with Crippen LogP contribution in [-0.4, -0.2) is 0 Å². The molecule has 1 unspecified atom stereocenters. The van der Waals surface area contributed by atoms with Crippen molar-refractivity contribution in [2.24, 2.45) is 5.92 Å². The monoisotopic (exact) mass is 735 g/mol.